The highest BCUT2D eigenvalue weighted by Crippen LogP contribution is 2.17. The lowest BCUT2D eigenvalue weighted by atomic mass is 9.93. The fourth-order valence-corrected chi connectivity index (χ4v) is 0.905. The van der Waals surface area contributed by atoms with Gasteiger partial charge in [0.15, 0.2) is 0 Å². The molecule has 0 aromatic rings. The van der Waals surface area contributed by atoms with Crippen LogP contribution in [0, 0.1) is 5.41 Å². The summed E-state index contributed by atoms with van der Waals surface area (Å²) in [6.07, 6.45) is 0.940. The number of esters is 1. The Morgan fingerprint density at radius 2 is 1.60 bits per heavy atom. The topological polar surface area (TPSA) is 35.5 Å². The van der Waals surface area contributed by atoms with Gasteiger partial charge in [0.2, 0.25) is 0 Å². The van der Waals surface area contributed by atoms with Gasteiger partial charge in [-0.1, -0.05) is 20.8 Å². The van der Waals surface area contributed by atoms with Gasteiger partial charge < -0.3 is 9.47 Å². The van der Waals surface area contributed by atoms with E-state index in [4.69, 9.17) is 9.47 Å². The molecule has 90 valence electrons. The second kappa shape index (κ2) is 5.50. The molecule has 0 radical (unpaired) electrons. The summed E-state index contributed by atoms with van der Waals surface area (Å²) in [4.78, 5) is 11.2. The van der Waals surface area contributed by atoms with Crippen molar-refractivity contribution in [3.05, 3.63) is 0 Å². The van der Waals surface area contributed by atoms with E-state index in [2.05, 4.69) is 20.8 Å². The number of hydrogen-bond donors (Lipinski definition) is 0. The first-order valence-electron chi connectivity index (χ1n) is 5.40. The van der Waals surface area contributed by atoms with E-state index in [9.17, 15) is 4.79 Å². The zero-order chi connectivity index (χ0) is 12.1. The Balaban J connectivity index is 3.57. The molecule has 0 unspecified atom stereocenters. The van der Waals surface area contributed by atoms with Crippen molar-refractivity contribution in [1.29, 1.82) is 0 Å². The fraction of sp³-hybridized carbons (Fsp3) is 0.917. The normalized spacial score (nSPS) is 12.7. The first-order chi connectivity index (χ1) is 6.60. The summed E-state index contributed by atoms with van der Waals surface area (Å²) in [5, 5.41) is 0. The molecule has 0 aliphatic heterocycles. The van der Waals surface area contributed by atoms with Crippen LogP contribution in [0.4, 0.5) is 0 Å². The quantitative estimate of drug-likeness (QED) is 0.535. The predicted octanol–water partition coefficient (Wildman–Crippen LogP) is 2.78. The summed E-state index contributed by atoms with van der Waals surface area (Å²) in [6.45, 7) is 12.6. The molecule has 0 fully saturated rings. The molecular weight excluding hydrogens is 192 g/mol. The van der Waals surface area contributed by atoms with Crippen LogP contribution >= 0.6 is 0 Å². The van der Waals surface area contributed by atoms with E-state index in [0.29, 0.717) is 6.61 Å². The molecule has 0 spiro atoms. The third-order valence-electron chi connectivity index (χ3n) is 1.64. The number of carbonyl (C=O) groups excluding carboxylic acids is 1. The van der Waals surface area contributed by atoms with Crippen molar-refractivity contribution >= 4 is 5.97 Å². The maximum atomic E-state index is 11.2. The molecular formula is C12H24O3. The van der Waals surface area contributed by atoms with E-state index in [0.717, 1.165) is 6.42 Å². The lowest BCUT2D eigenvalue weighted by molar-refractivity contribution is -0.160. The molecule has 3 heteroatoms. The minimum atomic E-state index is -0.426. The van der Waals surface area contributed by atoms with Crippen molar-refractivity contribution in [3.8, 4) is 0 Å². The molecule has 0 aliphatic carbocycles. The molecule has 0 aromatic heterocycles. The molecule has 0 bridgehead atoms. The first kappa shape index (κ1) is 14.4. The molecule has 0 atom stereocenters. The summed E-state index contributed by atoms with van der Waals surface area (Å²) in [5.74, 6) is -0.295. The zero-order valence-corrected chi connectivity index (χ0v) is 10.8. The van der Waals surface area contributed by atoms with E-state index >= 15 is 0 Å². The van der Waals surface area contributed by atoms with Gasteiger partial charge in [0, 0.05) is 6.61 Å². The van der Waals surface area contributed by atoms with Gasteiger partial charge >= 0.3 is 5.97 Å². The van der Waals surface area contributed by atoms with Crippen molar-refractivity contribution in [3.63, 3.8) is 0 Å². The van der Waals surface area contributed by atoms with Gasteiger partial charge in [0.05, 0.1) is 0 Å². The van der Waals surface area contributed by atoms with Crippen molar-refractivity contribution < 1.29 is 14.3 Å². The monoisotopic (exact) mass is 216 g/mol. The van der Waals surface area contributed by atoms with Gasteiger partial charge in [-0.15, -0.1) is 0 Å². The Morgan fingerprint density at radius 3 is 2.00 bits per heavy atom. The molecule has 0 saturated carbocycles. The Bertz CT molecular complexity index is 196. The smallest absolute Gasteiger partial charge is 0.332 e. The average Bonchev–Trinajstić information content (AvgIpc) is 1.92. The number of hydrogen-bond acceptors (Lipinski definition) is 3. The zero-order valence-electron chi connectivity index (χ0n) is 10.8. The summed E-state index contributed by atoms with van der Waals surface area (Å²) in [7, 11) is 0. The van der Waals surface area contributed by atoms with Crippen molar-refractivity contribution in [2.75, 3.05) is 13.2 Å². The summed E-state index contributed by atoms with van der Waals surface area (Å²) in [5.41, 5.74) is -0.182. The third-order valence-corrected chi connectivity index (χ3v) is 1.64. The number of carbonyl (C=O) groups is 1. The third kappa shape index (κ3) is 11.4. The lowest BCUT2D eigenvalue weighted by Crippen LogP contribution is -2.27. The molecule has 15 heavy (non-hydrogen) atoms. The standard InChI is InChI=1S/C12H24O3/c1-11(2,3)7-8-14-9-10(13)15-12(4,5)6/h7-9H2,1-6H3. The lowest BCUT2D eigenvalue weighted by Gasteiger charge is -2.20. The molecule has 0 aromatic carbocycles. The predicted molar refractivity (Wildman–Crippen MR) is 60.7 cm³/mol. The molecule has 0 heterocycles. The summed E-state index contributed by atoms with van der Waals surface area (Å²) in [6, 6.07) is 0. The minimum absolute atomic E-state index is 0.0490. The Kier molecular flexibility index (Phi) is 5.29. The van der Waals surface area contributed by atoms with E-state index in [1.807, 2.05) is 20.8 Å². The van der Waals surface area contributed by atoms with E-state index in [1.54, 1.807) is 0 Å². The van der Waals surface area contributed by atoms with Crippen LogP contribution in [0.5, 0.6) is 0 Å². The van der Waals surface area contributed by atoms with E-state index in [1.165, 1.54) is 0 Å². The Hall–Kier alpha value is -0.570. The molecule has 0 rings (SSSR count). The highest BCUT2D eigenvalue weighted by Gasteiger charge is 2.16. The van der Waals surface area contributed by atoms with Crippen molar-refractivity contribution in [2.45, 2.75) is 53.6 Å². The second-order valence-electron chi connectivity index (χ2n) is 5.95. The largest absolute Gasteiger partial charge is 0.458 e. The molecule has 0 saturated heterocycles. The van der Waals surface area contributed by atoms with Crippen LogP contribution in [-0.4, -0.2) is 24.8 Å². The van der Waals surface area contributed by atoms with Crippen LogP contribution in [-0.2, 0) is 14.3 Å². The van der Waals surface area contributed by atoms with Crippen LogP contribution in [0.2, 0.25) is 0 Å². The molecule has 3 nitrogen and oxygen atoms in total. The van der Waals surface area contributed by atoms with Crippen molar-refractivity contribution in [1.82, 2.24) is 0 Å². The summed E-state index contributed by atoms with van der Waals surface area (Å²) < 4.78 is 10.3. The first-order valence-corrected chi connectivity index (χ1v) is 5.40. The Labute approximate surface area is 93.1 Å². The maximum absolute atomic E-state index is 11.2. The van der Waals surface area contributed by atoms with Crippen molar-refractivity contribution in [2.24, 2.45) is 5.41 Å². The maximum Gasteiger partial charge on any atom is 0.332 e. The van der Waals surface area contributed by atoms with Crippen LogP contribution in [0.25, 0.3) is 0 Å². The van der Waals surface area contributed by atoms with Crippen LogP contribution in [0.3, 0.4) is 0 Å². The van der Waals surface area contributed by atoms with Crippen LogP contribution < -0.4 is 0 Å². The SMILES string of the molecule is CC(C)(C)CCOCC(=O)OC(C)(C)C. The second-order valence-corrected chi connectivity index (χ2v) is 5.95. The highest BCUT2D eigenvalue weighted by atomic mass is 16.6. The fourth-order valence-electron chi connectivity index (χ4n) is 0.905. The number of rotatable bonds is 4. The van der Waals surface area contributed by atoms with Gasteiger partial charge in [0.1, 0.15) is 12.2 Å². The highest BCUT2D eigenvalue weighted by molar-refractivity contribution is 5.71. The van der Waals surface area contributed by atoms with Gasteiger partial charge in [-0.2, -0.15) is 0 Å². The summed E-state index contributed by atoms with van der Waals surface area (Å²) >= 11 is 0. The average molecular weight is 216 g/mol. The van der Waals surface area contributed by atoms with Crippen LogP contribution in [0.1, 0.15) is 48.0 Å². The van der Waals surface area contributed by atoms with Gasteiger partial charge in [0.25, 0.3) is 0 Å². The van der Waals surface area contributed by atoms with E-state index < -0.39 is 5.60 Å². The van der Waals surface area contributed by atoms with Crippen LogP contribution in [0.15, 0.2) is 0 Å². The van der Waals surface area contributed by atoms with E-state index in [-0.39, 0.29) is 18.0 Å². The molecule has 0 N–H and O–H groups in total. The van der Waals surface area contributed by atoms with Gasteiger partial charge in [-0.25, -0.2) is 4.79 Å². The van der Waals surface area contributed by atoms with Gasteiger partial charge in [-0.05, 0) is 32.6 Å². The minimum Gasteiger partial charge on any atom is -0.458 e. The van der Waals surface area contributed by atoms with Gasteiger partial charge in [-0.3, -0.25) is 0 Å². The molecule has 0 aliphatic rings. The Morgan fingerprint density at radius 1 is 1.07 bits per heavy atom. The number of ether oxygens (including phenoxy) is 2. The molecule has 0 amide bonds.